The van der Waals surface area contributed by atoms with E-state index in [1.807, 2.05) is 41.5 Å². The molecule has 1 aliphatic carbocycles. The SMILES string of the molecule is CC.CC.CC.CC1(C)c2ccc3ccc4ccccc4c3c2-c2ccc3ccccc3c21. The third-order valence-corrected chi connectivity index (χ3v) is 6.41. The maximum absolute atomic E-state index is 2.38. The van der Waals surface area contributed by atoms with Crippen LogP contribution in [-0.2, 0) is 5.41 Å². The highest BCUT2D eigenvalue weighted by Gasteiger charge is 2.37. The lowest BCUT2D eigenvalue weighted by molar-refractivity contribution is 0.667. The van der Waals surface area contributed by atoms with Crippen molar-refractivity contribution in [1.82, 2.24) is 0 Å². The van der Waals surface area contributed by atoms with E-state index >= 15 is 0 Å². The molecular weight excluding hydrogens is 396 g/mol. The molecule has 0 N–H and O–H groups in total. The largest absolute Gasteiger partial charge is 0.0683 e. The molecule has 0 amide bonds. The smallest absolute Gasteiger partial charge is 0.0165 e. The summed E-state index contributed by atoms with van der Waals surface area (Å²) >= 11 is 0. The number of benzene rings is 5. The predicted molar refractivity (Wildman–Crippen MR) is 151 cm³/mol. The minimum Gasteiger partial charge on any atom is -0.0683 e. The highest BCUT2D eigenvalue weighted by molar-refractivity contribution is 6.17. The van der Waals surface area contributed by atoms with Gasteiger partial charge in [-0.1, -0.05) is 140 Å². The van der Waals surface area contributed by atoms with Gasteiger partial charge in [-0.2, -0.15) is 0 Å². The maximum atomic E-state index is 2.38. The van der Waals surface area contributed by atoms with E-state index in [9.17, 15) is 0 Å². The summed E-state index contributed by atoms with van der Waals surface area (Å²) in [7, 11) is 0. The third-order valence-electron chi connectivity index (χ3n) is 6.41. The summed E-state index contributed by atoms with van der Waals surface area (Å²) in [5.41, 5.74) is 5.73. The lowest BCUT2D eigenvalue weighted by Gasteiger charge is -2.23. The van der Waals surface area contributed by atoms with E-state index in [1.165, 1.54) is 54.6 Å². The molecule has 1 aliphatic rings. The van der Waals surface area contributed by atoms with Gasteiger partial charge in [0.05, 0.1) is 0 Å². The van der Waals surface area contributed by atoms with Gasteiger partial charge >= 0.3 is 0 Å². The van der Waals surface area contributed by atoms with Crippen LogP contribution in [0.2, 0.25) is 0 Å². The minimum atomic E-state index is -0.00331. The highest BCUT2D eigenvalue weighted by Crippen LogP contribution is 2.54. The second-order valence-electron chi connectivity index (χ2n) is 8.21. The van der Waals surface area contributed by atoms with Crippen molar-refractivity contribution >= 4 is 32.3 Å². The van der Waals surface area contributed by atoms with Gasteiger partial charge in [0.1, 0.15) is 0 Å². The van der Waals surface area contributed by atoms with Crippen molar-refractivity contribution in [1.29, 1.82) is 0 Å². The standard InChI is InChI=1S/C27H20.3C2H6/c1-27(2)23-16-14-19-12-11-17-7-3-5-9-20(17)24(19)25(23)22-15-13-18-8-4-6-10-21(18)26(22)27;3*1-2/h3-16H,1-2H3;3*1-2H3. The Bertz CT molecular complexity index is 1390. The molecule has 0 bridgehead atoms. The Hall–Kier alpha value is -3.12. The predicted octanol–water partition coefficient (Wildman–Crippen LogP) is 10.5. The van der Waals surface area contributed by atoms with Gasteiger partial charge in [-0.3, -0.25) is 0 Å². The van der Waals surface area contributed by atoms with Gasteiger partial charge in [0.25, 0.3) is 0 Å². The van der Waals surface area contributed by atoms with Gasteiger partial charge in [0, 0.05) is 5.41 Å². The van der Waals surface area contributed by atoms with Gasteiger partial charge in [0.15, 0.2) is 0 Å². The van der Waals surface area contributed by atoms with E-state index in [-0.39, 0.29) is 5.41 Å². The average Bonchev–Trinajstić information content (AvgIpc) is 3.14. The van der Waals surface area contributed by atoms with Crippen LogP contribution in [0.5, 0.6) is 0 Å². The fraction of sp³-hybridized carbons (Fsp3) is 0.273. The molecule has 0 spiro atoms. The zero-order valence-corrected chi connectivity index (χ0v) is 21.6. The number of rotatable bonds is 0. The van der Waals surface area contributed by atoms with Crippen molar-refractivity contribution in [2.75, 3.05) is 0 Å². The summed E-state index contributed by atoms with van der Waals surface area (Å²) < 4.78 is 0. The Kier molecular flexibility index (Phi) is 7.59. The van der Waals surface area contributed by atoms with E-state index in [2.05, 4.69) is 98.8 Å². The molecule has 0 heterocycles. The lowest BCUT2D eigenvalue weighted by atomic mass is 9.80. The van der Waals surface area contributed by atoms with Crippen LogP contribution in [0.3, 0.4) is 0 Å². The van der Waals surface area contributed by atoms with Gasteiger partial charge in [-0.05, 0) is 54.6 Å². The average molecular weight is 435 g/mol. The van der Waals surface area contributed by atoms with Crippen LogP contribution in [0.1, 0.15) is 66.5 Å². The van der Waals surface area contributed by atoms with E-state index in [1.54, 1.807) is 0 Å². The number of hydrogen-bond donors (Lipinski definition) is 0. The zero-order chi connectivity index (χ0) is 24.2. The fourth-order valence-corrected chi connectivity index (χ4v) is 5.19. The summed E-state index contributed by atoms with van der Waals surface area (Å²) in [4.78, 5) is 0. The third kappa shape index (κ3) is 3.82. The summed E-state index contributed by atoms with van der Waals surface area (Å²) in [6.07, 6.45) is 0. The molecule has 0 heteroatoms. The van der Waals surface area contributed by atoms with E-state index in [0.29, 0.717) is 0 Å². The maximum Gasteiger partial charge on any atom is 0.0165 e. The molecule has 0 aliphatic heterocycles. The molecule has 5 aromatic rings. The van der Waals surface area contributed by atoms with Crippen molar-refractivity contribution in [3.63, 3.8) is 0 Å². The summed E-state index contributed by atoms with van der Waals surface area (Å²) in [6.45, 7) is 16.8. The van der Waals surface area contributed by atoms with E-state index < -0.39 is 0 Å². The van der Waals surface area contributed by atoms with Crippen LogP contribution in [0.25, 0.3) is 43.4 Å². The first kappa shape index (κ1) is 24.5. The van der Waals surface area contributed by atoms with Crippen molar-refractivity contribution in [3.05, 3.63) is 96.1 Å². The molecule has 0 aromatic heterocycles. The molecule has 0 fully saturated rings. The second kappa shape index (κ2) is 10.2. The van der Waals surface area contributed by atoms with Crippen molar-refractivity contribution < 1.29 is 0 Å². The lowest BCUT2D eigenvalue weighted by Crippen LogP contribution is -2.15. The van der Waals surface area contributed by atoms with E-state index in [4.69, 9.17) is 0 Å². The Morgan fingerprint density at radius 2 is 0.970 bits per heavy atom. The van der Waals surface area contributed by atoms with Crippen LogP contribution in [-0.4, -0.2) is 0 Å². The molecule has 0 saturated heterocycles. The molecule has 0 radical (unpaired) electrons. The molecule has 0 unspecified atom stereocenters. The molecule has 0 saturated carbocycles. The number of hydrogen-bond acceptors (Lipinski definition) is 0. The summed E-state index contributed by atoms with van der Waals surface area (Å²) in [5, 5.41) is 8.09. The summed E-state index contributed by atoms with van der Waals surface area (Å²) in [6, 6.07) is 31.3. The van der Waals surface area contributed by atoms with E-state index in [0.717, 1.165) is 0 Å². The zero-order valence-electron chi connectivity index (χ0n) is 21.6. The first-order valence-corrected chi connectivity index (χ1v) is 12.6. The van der Waals surface area contributed by atoms with Crippen LogP contribution in [0.15, 0.2) is 84.9 Å². The van der Waals surface area contributed by atoms with Crippen LogP contribution < -0.4 is 0 Å². The second-order valence-corrected chi connectivity index (χ2v) is 8.21. The van der Waals surface area contributed by atoms with Crippen LogP contribution in [0.4, 0.5) is 0 Å². The number of fused-ring (bicyclic) bond motifs is 9. The monoisotopic (exact) mass is 434 g/mol. The van der Waals surface area contributed by atoms with Gasteiger partial charge in [-0.15, -0.1) is 0 Å². The Morgan fingerprint density at radius 1 is 0.485 bits per heavy atom. The van der Waals surface area contributed by atoms with Crippen molar-refractivity contribution in [3.8, 4) is 11.1 Å². The van der Waals surface area contributed by atoms with Crippen molar-refractivity contribution in [2.45, 2.75) is 60.8 Å². The topological polar surface area (TPSA) is 0 Å². The first-order valence-electron chi connectivity index (χ1n) is 12.6. The Morgan fingerprint density at radius 3 is 1.64 bits per heavy atom. The van der Waals surface area contributed by atoms with Crippen LogP contribution >= 0.6 is 0 Å². The quantitative estimate of drug-likeness (QED) is 0.213. The van der Waals surface area contributed by atoms with Crippen molar-refractivity contribution in [2.24, 2.45) is 0 Å². The molecule has 33 heavy (non-hydrogen) atoms. The molecular formula is C33H38. The highest BCUT2D eigenvalue weighted by atomic mass is 14.4. The Labute approximate surface area is 200 Å². The fourth-order valence-electron chi connectivity index (χ4n) is 5.19. The molecule has 0 atom stereocenters. The van der Waals surface area contributed by atoms with Crippen LogP contribution in [0, 0.1) is 0 Å². The molecule has 170 valence electrons. The van der Waals surface area contributed by atoms with Gasteiger partial charge in [-0.25, -0.2) is 0 Å². The van der Waals surface area contributed by atoms with Gasteiger partial charge < -0.3 is 0 Å². The molecule has 0 nitrogen and oxygen atoms in total. The molecule has 5 aromatic carbocycles. The molecule has 6 rings (SSSR count). The Balaban J connectivity index is 0.000000475. The first-order chi connectivity index (χ1) is 16.2. The van der Waals surface area contributed by atoms with Gasteiger partial charge in [0.2, 0.25) is 0 Å². The summed E-state index contributed by atoms with van der Waals surface area (Å²) in [5.74, 6) is 0. The minimum absolute atomic E-state index is 0.00331. The normalized spacial score (nSPS) is 12.5.